The van der Waals surface area contributed by atoms with Crippen LogP contribution in [0.4, 0.5) is 4.39 Å². The molecule has 0 saturated heterocycles. The van der Waals surface area contributed by atoms with E-state index in [1.807, 2.05) is 0 Å². The summed E-state index contributed by atoms with van der Waals surface area (Å²) in [4.78, 5) is 22.6. The van der Waals surface area contributed by atoms with Crippen molar-refractivity contribution >= 4 is 41.1 Å². The Morgan fingerprint density at radius 3 is 2.67 bits per heavy atom. The lowest BCUT2D eigenvalue weighted by Gasteiger charge is -2.12. The minimum absolute atomic E-state index is 0.0734. The molecule has 0 radical (unpaired) electrons. The van der Waals surface area contributed by atoms with Crippen LogP contribution in [-0.4, -0.2) is 35.2 Å². The number of unbranched alkanes of at least 4 members (excludes halogenated alkanes) is 1. The minimum atomic E-state index is -1.06. The second-order valence-electron chi connectivity index (χ2n) is 4.83. The van der Waals surface area contributed by atoms with Crippen LogP contribution in [-0.2, 0) is 9.59 Å². The van der Waals surface area contributed by atoms with E-state index in [1.165, 1.54) is 12.2 Å². The standard InChI is InChI=1S/C16H17Cl2FN2O3/c1-11(19)16(23)20-8-2-3-9-21(24)15(22)7-5-12-4-6-13(17)10-14(12)18/h4-7,10,24H,1-3,8-9H2,(H,20,23)/b7-5+. The third kappa shape index (κ3) is 7.12. The fraction of sp³-hybridized carbons (Fsp3) is 0.250. The maximum Gasteiger partial charge on any atom is 0.279 e. The first-order valence-electron chi connectivity index (χ1n) is 7.07. The van der Waals surface area contributed by atoms with Crippen LogP contribution in [0.25, 0.3) is 6.08 Å². The van der Waals surface area contributed by atoms with Crippen LogP contribution in [0.1, 0.15) is 18.4 Å². The molecule has 2 amide bonds. The van der Waals surface area contributed by atoms with E-state index in [9.17, 15) is 19.2 Å². The van der Waals surface area contributed by atoms with E-state index >= 15 is 0 Å². The fourth-order valence-corrected chi connectivity index (χ4v) is 2.15. The molecule has 0 aliphatic rings. The molecule has 24 heavy (non-hydrogen) atoms. The summed E-state index contributed by atoms with van der Waals surface area (Å²) < 4.78 is 12.4. The molecule has 0 atom stereocenters. The normalized spacial score (nSPS) is 10.7. The van der Waals surface area contributed by atoms with Crippen LogP contribution < -0.4 is 5.32 Å². The Balaban J connectivity index is 2.35. The van der Waals surface area contributed by atoms with Gasteiger partial charge >= 0.3 is 0 Å². The number of carbonyl (C=O) groups excluding carboxylic acids is 2. The summed E-state index contributed by atoms with van der Waals surface area (Å²) in [6.07, 6.45) is 3.55. The lowest BCUT2D eigenvalue weighted by atomic mass is 10.2. The highest BCUT2D eigenvalue weighted by Crippen LogP contribution is 2.21. The van der Waals surface area contributed by atoms with E-state index in [0.29, 0.717) is 33.5 Å². The lowest BCUT2D eigenvalue weighted by molar-refractivity contribution is -0.159. The average Bonchev–Trinajstić information content (AvgIpc) is 2.52. The highest BCUT2D eigenvalue weighted by Gasteiger charge is 2.08. The second kappa shape index (κ2) is 10.1. The predicted molar refractivity (Wildman–Crippen MR) is 91.5 cm³/mol. The van der Waals surface area contributed by atoms with E-state index in [2.05, 4.69) is 11.9 Å². The number of halogens is 3. The molecule has 8 heteroatoms. The van der Waals surface area contributed by atoms with Gasteiger partial charge in [0.05, 0.1) is 0 Å². The van der Waals surface area contributed by atoms with Gasteiger partial charge in [0.2, 0.25) is 0 Å². The third-order valence-electron chi connectivity index (χ3n) is 2.95. The van der Waals surface area contributed by atoms with Gasteiger partial charge in [0.1, 0.15) is 0 Å². The van der Waals surface area contributed by atoms with Gasteiger partial charge in [-0.2, -0.15) is 0 Å². The van der Waals surface area contributed by atoms with Crippen molar-refractivity contribution in [2.24, 2.45) is 0 Å². The molecule has 0 fully saturated rings. The summed E-state index contributed by atoms with van der Waals surface area (Å²) in [5.41, 5.74) is 0.594. The molecule has 0 unspecified atom stereocenters. The van der Waals surface area contributed by atoms with Crippen molar-refractivity contribution < 1.29 is 19.2 Å². The van der Waals surface area contributed by atoms with Gasteiger partial charge in [0, 0.05) is 29.2 Å². The van der Waals surface area contributed by atoms with E-state index in [1.54, 1.807) is 18.2 Å². The van der Waals surface area contributed by atoms with Gasteiger partial charge < -0.3 is 5.32 Å². The molecule has 130 valence electrons. The maximum atomic E-state index is 12.4. The van der Waals surface area contributed by atoms with Gasteiger partial charge in [-0.15, -0.1) is 0 Å². The minimum Gasteiger partial charge on any atom is -0.350 e. The van der Waals surface area contributed by atoms with Crippen LogP contribution in [0.15, 0.2) is 36.7 Å². The SMILES string of the molecule is C=C(F)C(=O)NCCCCN(O)C(=O)/C=C/c1ccc(Cl)cc1Cl. The Morgan fingerprint density at radius 1 is 1.33 bits per heavy atom. The molecule has 0 aliphatic heterocycles. The van der Waals surface area contributed by atoms with Crippen molar-refractivity contribution in [2.45, 2.75) is 12.8 Å². The number of hydrogen-bond acceptors (Lipinski definition) is 3. The van der Waals surface area contributed by atoms with Crippen molar-refractivity contribution in [3.63, 3.8) is 0 Å². The second-order valence-corrected chi connectivity index (χ2v) is 5.67. The van der Waals surface area contributed by atoms with Crippen LogP contribution in [0, 0.1) is 0 Å². The Bertz CT molecular complexity index is 650. The quantitative estimate of drug-likeness (QED) is 0.316. The van der Waals surface area contributed by atoms with Crippen LogP contribution >= 0.6 is 23.2 Å². The molecular weight excluding hydrogens is 358 g/mol. The van der Waals surface area contributed by atoms with E-state index in [4.69, 9.17) is 23.2 Å². The largest absolute Gasteiger partial charge is 0.350 e. The Labute approximate surface area is 149 Å². The number of amides is 2. The van der Waals surface area contributed by atoms with Gasteiger partial charge in [-0.25, -0.2) is 9.45 Å². The van der Waals surface area contributed by atoms with Gasteiger partial charge in [0.25, 0.3) is 11.8 Å². The number of nitrogens with zero attached hydrogens (tertiary/aromatic N) is 1. The highest BCUT2D eigenvalue weighted by atomic mass is 35.5. The Kier molecular flexibility index (Phi) is 8.46. The molecule has 1 rings (SSSR count). The first-order chi connectivity index (χ1) is 11.3. The molecule has 0 spiro atoms. The number of rotatable bonds is 8. The monoisotopic (exact) mass is 374 g/mol. The summed E-state index contributed by atoms with van der Waals surface area (Å²) in [6, 6.07) is 4.83. The van der Waals surface area contributed by atoms with Gasteiger partial charge in [-0.1, -0.05) is 35.8 Å². The number of benzene rings is 1. The van der Waals surface area contributed by atoms with E-state index in [-0.39, 0.29) is 13.1 Å². The summed E-state index contributed by atoms with van der Waals surface area (Å²) in [5.74, 6) is -2.53. The lowest BCUT2D eigenvalue weighted by Crippen LogP contribution is -2.28. The summed E-state index contributed by atoms with van der Waals surface area (Å²) in [7, 11) is 0. The van der Waals surface area contributed by atoms with Crippen LogP contribution in [0.2, 0.25) is 10.0 Å². The van der Waals surface area contributed by atoms with Crippen molar-refractivity contribution in [2.75, 3.05) is 13.1 Å². The molecule has 5 nitrogen and oxygen atoms in total. The van der Waals surface area contributed by atoms with Crippen molar-refractivity contribution in [3.05, 3.63) is 52.3 Å². The Morgan fingerprint density at radius 2 is 2.04 bits per heavy atom. The molecule has 0 bridgehead atoms. The van der Waals surface area contributed by atoms with Gasteiger partial charge in [-0.05, 0) is 36.6 Å². The Hall–Kier alpha value is -1.89. The zero-order valence-corrected chi connectivity index (χ0v) is 14.3. The summed E-state index contributed by atoms with van der Waals surface area (Å²) in [6.45, 7) is 3.16. The van der Waals surface area contributed by atoms with E-state index in [0.717, 1.165) is 0 Å². The molecule has 0 saturated carbocycles. The molecule has 0 aliphatic carbocycles. The predicted octanol–water partition coefficient (Wildman–Crippen LogP) is 3.60. The number of carbonyl (C=O) groups is 2. The first kappa shape index (κ1) is 20.2. The zero-order chi connectivity index (χ0) is 18.1. The average molecular weight is 375 g/mol. The molecular formula is C16H17Cl2FN2O3. The van der Waals surface area contributed by atoms with Crippen molar-refractivity contribution in [3.8, 4) is 0 Å². The van der Waals surface area contributed by atoms with Crippen LogP contribution in [0.5, 0.6) is 0 Å². The molecule has 0 aromatic heterocycles. The number of hydroxylamine groups is 2. The zero-order valence-electron chi connectivity index (χ0n) is 12.8. The summed E-state index contributed by atoms with van der Waals surface area (Å²) >= 11 is 11.7. The topological polar surface area (TPSA) is 69.6 Å². The molecule has 1 aromatic rings. The number of hydrogen-bond donors (Lipinski definition) is 2. The molecule has 0 heterocycles. The van der Waals surface area contributed by atoms with Crippen molar-refractivity contribution in [1.82, 2.24) is 10.4 Å². The highest BCUT2D eigenvalue weighted by molar-refractivity contribution is 6.35. The maximum absolute atomic E-state index is 12.4. The summed E-state index contributed by atoms with van der Waals surface area (Å²) in [5, 5.41) is 13.4. The first-order valence-corrected chi connectivity index (χ1v) is 7.83. The van der Waals surface area contributed by atoms with Crippen molar-refractivity contribution in [1.29, 1.82) is 0 Å². The van der Waals surface area contributed by atoms with Gasteiger partial charge in [-0.3, -0.25) is 14.8 Å². The fourth-order valence-electron chi connectivity index (χ4n) is 1.68. The van der Waals surface area contributed by atoms with Crippen LogP contribution in [0.3, 0.4) is 0 Å². The molecule has 1 aromatic carbocycles. The smallest absolute Gasteiger partial charge is 0.279 e. The van der Waals surface area contributed by atoms with E-state index < -0.39 is 17.6 Å². The van der Waals surface area contributed by atoms with Gasteiger partial charge in [0.15, 0.2) is 5.83 Å². The molecule has 2 N–H and O–H groups in total. The third-order valence-corrected chi connectivity index (χ3v) is 3.51. The number of nitrogens with one attached hydrogen (secondary N) is 1.